The SMILES string of the molecule is N.O=C(NCc1cccnc1)Nc1ccccc1. The van der Waals surface area contributed by atoms with Crippen molar-refractivity contribution in [2.75, 3.05) is 5.32 Å². The second-order valence-corrected chi connectivity index (χ2v) is 3.53. The van der Waals surface area contributed by atoms with Crippen molar-refractivity contribution in [2.24, 2.45) is 0 Å². The Hall–Kier alpha value is -2.40. The summed E-state index contributed by atoms with van der Waals surface area (Å²) in [5.41, 5.74) is 1.74. The van der Waals surface area contributed by atoms with Crippen LogP contribution in [0.25, 0.3) is 0 Å². The Balaban J connectivity index is 0.00000162. The number of urea groups is 1. The molecule has 0 aliphatic rings. The molecule has 1 aromatic carbocycles. The molecule has 2 aromatic rings. The Bertz CT molecular complexity index is 473. The number of aromatic nitrogens is 1. The molecule has 94 valence electrons. The van der Waals surface area contributed by atoms with E-state index < -0.39 is 0 Å². The number of anilines is 1. The van der Waals surface area contributed by atoms with E-state index in [-0.39, 0.29) is 12.2 Å². The molecule has 2 rings (SSSR count). The number of carbonyl (C=O) groups is 1. The average molecular weight is 244 g/mol. The van der Waals surface area contributed by atoms with E-state index in [1.807, 2.05) is 42.5 Å². The molecule has 1 heterocycles. The lowest BCUT2D eigenvalue weighted by atomic mass is 10.3. The number of rotatable bonds is 3. The van der Waals surface area contributed by atoms with Gasteiger partial charge in [0.05, 0.1) is 0 Å². The largest absolute Gasteiger partial charge is 0.344 e. The molecule has 0 aliphatic carbocycles. The van der Waals surface area contributed by atoms with Crippen molar-refractivity contribution < 1.29 is 4.79 Å². The highest BCUT2D eigenvalue weighted by Crippen LogP contribution is 2.04. The van der Waals surface area contributed by atoms with Crippen LogP contribution < -0.4 is 16.8 Å². The first kappa shape index (κ1) is 13.7. The summed E-state index contributed by atoms with van der Waals surface area (Å²) in [6.07, 6.45) is 3.43. The smallest absolute Gasteiger partial charge is 0.319 e. The predicted molar refractivity (Wildman–Crippen MR) is 71.6 cm³/mol. The third kappa shape index (κ3) is 4.23. The number of hydrogen-bond acceptors (Lipinski definition) is 3. The normalized spacial score (nSPS) is 9.11. The molecule has 5 nitrogen and oxygen atoms in total. The topological polar surface area (TPSA) is 89.0 Å². The number of nitrogens with one attached hydrogen (secondary N) is 2. The van der Waals surface area contributed by atoms with Gasteiger partial charge in [-0.3, -0.25) is 4.98 Å². The fraction of sp³-hybridized carbons (Fsp3) is 0.0769. The molecule has 0 unspecified atom stereocenters. The third-order valence-electron chi connectivity index (χ3n) is 2.21. The van der Waals surface area contributed by atoms with E-state index in [1.54, 1.807) is 12.4 Å². The van der Waals surface area contributed by atoms with Crippen LogP contribution in [0.5, 0.6) is 0 Å². The molecular formula is C13H16N4O. The molecule has 2 amide bonds. The van der Waals surface area contributed by atoms with Gasteiger partial charge in [-0.2, -0.15) is 0 Å². The molecule has 0 atom stereocenters. The van der Waals surface area contributed by atoms with E-state index >= 15 is 0 Å². The zero-order valence-corrected chi connectivity index (χ0v) is 9.97. The second-order valence-electron chi connectivity index (χ2n) is 3.53. The van der Waals surface area contributed by atoms with Gasteiger partial charge in [0.25, 0.3) is 0 Å². The van der Waals surface area contributed by atoms with Gasteiger partial charge < -0.3 is 16.8 Å². The van der Waals surface area contributed by atoms with Crippen LogP contribution in [0.1, 0.15) is 5.56 Å². The van der Waals surface area contributed by atoms with Crippen molar-refractivity contribution in [1.82, 2.24) is 16.5 Å². The maximum atomic E-state index is 11.5. The summed E-state index contributed by atoms with van der Waals surface area (Å²) < 4.78 is 0. The number of para-hydroxylation sites is 1. The summed E-state index contributed by atoms with van der Waals surface area (Å²) in [7, 11) is 0. The highest BCUT2D eigenvalue weighted by Gasteiger charge is 2.00. The lowest BCUT2D eigenvalue weighted by molar-refractivity contribution is 0.251. The molecule has 0 saturated carbocycles. The summed E-state index contributed by atoms with van der Waals surface area (Å²) in [6.45, 7) is 0.465. The molecular weight excluding hydrogens is 228 g/mol. The first-order valence-corrected chi connectivity index (χ1v) is 5.33. The minimum Gasteiger partial charge on any atom is -0.344 e. The van der Waals surface area contributed by atoms with Gasteiger partial charge in [0.1, 0.15) is 0 Å². The fourth-order valence-electron chi connectivity index (χ4n) is 1.38. The van der Waals surface area contributed by atoms with Crippen LogP contribution in [0.3, 0.4) is 0 Å². The Morgan fingerprint density at radius 2 is 1.89 bits per heavy atom. The van der Waals surface area contributed by atoms with Crippen LogP contribution in [0.2, 0.25) is 0 Å². The number of nitrogens with zero attached hydrogens (tertiary/aromatic N) is 1. The maximum absolute atomic E-state index is 11.5. The Kier molecular flexibility index (Phi) is 5.34. The average Bonchev–Trinajstić information content (AvgIpc) is 2.39. The van der Waals surface area contributed by atoms with Crippen LogP contribution in [-0.2, 0) is 6.54 Å². The van der Waals surface area contributed by atoms with E-state index in [2.05, 4.69) is 15.6 Å². The van der Waals surface area contributed by atoms with Crippen molar-refractivity contribution >= 4 is 11.7 Å². The van der Waals surface area contributed by atoms with Crippen LogP contribution in [0.15, 0.2) is 54.9 Å². The zero-order valence-electron chi connectivity index (χ0n) is 9.97. The summed E-state index contributed by atoms with van der Waals surface area (Å²) in [6, 6.07) is 12.8. The van der Waals surface area contributed by atoms with E-state index in [0.29, 0.717) is 6.54 Å². The summed E-state index contributed by atoms with van der Waals surface area (Å²) in [4.78, 5) is 15.5. The van der Waals surface area contributed by atoms with E-state index in [0.717, 1.165) is 11.3 Å². The van der Waals surface area contributed by atoms with Crippen molar-refractivity contribution in [1.29, 1.82) is 0 Å². The molecule has 0 spiro atoms. The van der Waals surface area contributed by atoms with E-state index in [4.69, 9.17) is 0 Å². The van der Waals surface area contributed by atoms with Crippen molar-refractivity contribution in [3.05, 3.63) is 60.4 Å². The van der Waals surface area contributed by atoms with Gasteiger partial charge in [0.15, 0.2) is 0 Å². The first-order valence-electron chi connectivity index (χ1n) is 5.33. The Morgan fingerprint density at radius 1 is 1.11 bits per heavy atom. The lowest BCUT2D eigenvalue weighted by Gasteiger charge is -2.07. The van der Waals surface area contributed by atoms with Gasteiger partial charge >= 0.3 is 6.03 Å². The number of pyridine rings is 1. The Morgan fingerprint density at radius 3 is 2.56 bits per heavy atom. The van der Waals surface area contributed by atoms with E-state index in [9.17, 15) is 4.79 Å². The second kappa shape index (κ2) is 7.03. The molecule has 5 heteroatoms. The van der Waals surface area contributed by atoms with Gasteiger partial charge in [-0.15, -0.1) is 0 Å². The third-order valence-corrected chi connectivity index (χ3v) is 2.21. The van der Waals surface area contributed by atoms with Crippen molar-refractivity contribution in [2.45, 2.75) is 6.54 Å². The molecule has 0 fully saturated rings. The number of benzene rings is 1. The molecule has 0 bridgehead atoms. The molecule has 0 saturated heterocycles. The minimum absolute atomic E-state index is 0. The first-order chi connectivity index (χ1) is 8.34. The van der Waals surface area contributed by atoms with Gasteiger partial charge in [0.2, 0.25) is 0 Å². The summed E-state index contributed by atoms with van der Waals surface area (Å²) in [5, 5.41) is 5.50. The maximum Gasteiger partial charge on any atom is 0.319 e. The van der Waals surface area contributed by atoms with Crippen LogP contribution >= 0.6 is 0 Å². The van der Waals surface area contributed by atoms with Gasteiger partial charge in [-0.05, 0) is 23.8 Å². The quantitative estimate of drug-likeness (QED) is 0.775. The number of amides is 2. The number of hydrogen-bond donors (Lipinski definition) is 3. The molecule has 18 heavy (non-hydrogen) atoms. The number of carbonyl (C=O) groups excluding carboxylic acids is 1. The zero-order chi connectivity index (χ0) is 11.9. The van der Waals surface area contributed by atoms with Gasteiger partial charge in [-0.1, -0.05) is 24.3 Å². The van der Waals surface area contributed by atoms with Crippen LogP contribution in [-0.4, -0.2) is 11.0 Å². The standard InChI is InChI=1S/C13H13N3O.H3N/c17-13(16-12-6-2-1-3-7-12)15-10-11-5-4-8-14-9-11;/h1-9H,10H2,(H2,15,16,17);1H3. The van der Waals surface area contributed by atoms with Crippen LogP contribution in [0, 0.1) is 0 Å². The molecule has 5 N–H and O–H groups in total. The molecule has 0 aliphatic heterocycles. The van der Waals surface area contributed by atoms with Crippen molar-refractivity contribution in [3.63, 3.8) is 0 Å². The van der Waals surface area contributed by atoms with Crippen molar-refractivity contribution in [3.8, 4) is 0 Å². The fourth-order valence-corrected chi connectivity index (χ4v) is 1.38. The monoisotopic (exact) mass is 244 g/mol. The van der Waals surface area contributed by atoms with E-state index in [1.165, 1.54) is 0 Å². The Labute approximate surface area is 106 Å². The molecule has 1 aromatic heterocycles. The molecule has 0 radical (unpaired) electrons. The summed E-state index contributed by atoms with van der Waals surface area (Å²) >= 11 is 0. The van der Waals surface area contributed by atoms with Gasteiger partial charge in [0, 0.05) is 24.6 Å². The minimum atomic E-state index is -0.222. The van der Waals surface area contributed by atoms with Crippen LogP contribution in [0.4, 0.5) is 10.5 Å². The predicted octanol–water partition coefficient (Wildman–Crippen LogP) is 2.57. The highest BCUT2D eigenvalue weighted by molar-refractivity contribution is 5.89. The summed E-state index contributed by atoms with van der Waals surface area (Å²) in [5.74, 6) is 0. The van der Waals surface area contributed by atoms with Gasteiger partial charge in [-0.25, -0.2) is 4.79 Å². The lowest BCUT2D eigenvalue weighted by Crippen LogP contribution is -2.28. The highest BCUT2D eigenvalue weighted by atomic mass is 16.2.